The van der Waals surface area contributed by atoms with Crippen LogP contribution in [0.15, 0.2) is 36.4 Å². The van der Waals surface area contributed by atoms with Gasteiger partial charge < -0.3 is 4.74 Å². The van der Waals surface area contributed by atoms with Gasteiger partial charge in [0.2, 0.25) is 5.91 Å². The van der Waals surface area contributed by atoms with Gasteiger partial charge in [-0.05, 0) is 23.1 Å². The molecule has 122 valence electrons. The van der Waals surface area contributed by atoms with Crippen molar-refractivity contribution in [1.29, 1.82) is 0 Å². The highest BCUT2D eigenvalue weighted by Gasteiger charge is 2.46. The molecule has 1 unspecified atom stereocenters. The number of fused-ring (bicyclic) bond motifs is 1. The fraction of sp³-hybridized carbons (Fsp3) is 0.312. The summed E-state index contributed by atoms with van der Waals surface area (Å²) in [6.45, 7) is 0.0269. The van der Waals surface area contributed by atoms with Crippen LogP contribution in [0.25, 0.3) is 10.8 Å². The number of nitrogens with zero attached hydrogens (tertiary/aromatic N) is 1. The summed E-state index contributed by atoms with van der Waals surface area (Å²) in [6, 6.07) is 7.87. The standard InChI is InChI=1S/C16H15F3N2O2/c1-23-13-4-2-3-10-9-11(5-6-12(10)13)15(16(17,18)19)21-8-7-14(22)20-21/h2-6,9,15H,7-8H2,1H3,(H,20,22). The van der Waals surface area contributed by atoms with Gasteiger partial charge >= 0.3 is 6.18 Å². The van der Waals surface area contributed by atoms with Crippen molar-refractivity contribution in [3.63, 3.8) is 0 Å². The Morgan fingerprint density at radius 3 is 2.65 bits per heavy atom. The number of nitrogens with one attached hydrogen (secondary N) is 1. The predicted octanol–water partition coefficient (Wildman–Crippen LogP) is 3.19. The first-order valence-electron chi connectivity index (χ1n) is 7.09. The lowest BCUT2D eigenvalue weighted by Gasteiger charge is -2.29. The molecule has 0 bridgehead atoms. The lowest BCUT2D eigenvalue weighted by molar-refractivity contribution is -0.191. The van der Waals surface area contributed by atoms with Crippen molar-refractivity contribution in [3.8, 4) is 5.75 Å². The number of halogens is 3. The molecule has 1 aliphatic rings. The minimum Gasteiger partial charge on any atom is -0.496 e. The molecule has 0 spiro atoms. The molecule has 7 heteroatoms. The Kier molecular flexibility index (Phi) is 3.89. The van der Waals surface area contributed by atoms with Gasteiger partial charge in [0, 0.05) is 18.4 Å². The third kappa shape index (κ3) is 2.96. The number of hydrogen-bond acceptors (Lipinski definition) is 3. The Bertz CT molecular complexity index is 746. The number of hydrogen-bond donors (Lipinski definition) is 1. The van der Waals surface area contributed by atoms with E-state index in [-0.39, 0.29) is 18.5 Å². The number of amides is 1. The van der Waals surface area contributed by atoms with Crippen LogP contribution in [0.4, 0.5) is 13.2 Å². The van der Waals surface area contributed by atoms with Crippen molar-refractivity contribution in [2.24, 2.45) is 0 Å². The van der Waals surface area contributed by atoms with E-state index < -0.39 is 18.1 Å². The molecule has 1 fully saturated rings. The summed E-state index contributed by atoms with van der Waals surface area (Å²) in [7, 11) is 1.51. The molecule has 1 heterocycles. The summed E-state index contributed by atoms with van der Waals surface area (Å²) in [6.07, 6.45) is -4.43. The minimum absolute atomic E-state index is 0.0269. The maximum Gasteiger partial charge on any atom is 0.409 e. The molecule has 1 atom stereocenters. The van der Waals surface area contributed by atoms with Crippen LogP contribution in [-0.2, 0) is 4.79 Å². The van der Waals surface area contributed by atoms with Crippen LogP contribution in [0.1, 0.15) is 18.0 Å². The molecule has 4 nitrogen and oxygen atoms in total. The largest absolute Gasteiger partial charge is 0.496 e. The molecule has 23 heavy (non-hydrogen) atoms. The third-order valence-electron chi connectivity index (χ3n) is 3.87. The second kappa shape index (κ2) is 5.73. The molecule has 3 rings (SSSR count). The normalized spacial score (nSPS) is 17.3. The number of rotatable bonds is 3. The number of benzene rings is 2. The lowest BCUT2D eigenvalue weighted by atomic mass is 10.0. The topological polar surface area (TPSA) is 41.6 Å². The quantitative estimate of drug-likeness (QED) is 0.943. The van der Waals surface area contributed by atoms with Gasteiger partial charge in [-0.1, -0.05) is 24.3 Å². The first-order valence-corrected chi connectivity index (χ1v) is 7.09. The Morgan fingerprint density at radius 1 is 1.26 bits per heavy atom. The van der Waals surface area contributed by atoms with Crippen LogP contribution in [0.5, 0.6) is 5.75 Å². The van der Waals surface area contributed by atoms with E-state index in [9.17, 15) is 18.0 Å². The molecule has 0 aromatic heterocycles. The predicted molar refractivity (Wildman–Crippen MR) is 78.8 cm³/mol. The minimum atomic E-state index is -4.50. The monoisotopic (exact) mass is 324 g/mol. The van der Waals surface area contributed by atoms with Crippen LogP contribution in [-0.4, -0.2) is 30.7 Å². The molecule has 0 aliphatic carbocycles. The zero-order valence-electron chi connectivity index (χ0n) is 12.4. The fourth-order valence-electron chi connectivity index (χ4n) is 2.85. The average molecular weight is 324 g/mol. The molecule has 2 aromatic carbocycles. The SMILES string of the molecule is COc1cccc2cc(C(N3CCC(=O)N3)C(F)(F)F)ccc12. The van der Waals surface area contributed by atoms with E-state index in [4.69, 9.17) is 4.74 Å². The number of alkyl halides is 3. The highest BCUT2D eigenvalue weighted by atomic mass is 19.4. The van der Waals surface area contributed by atoms with Crippen LogP contribution in [0, 0.1) is 0 Å². The molecular weight excluding hydrogens is 309 g/mol. The first kappa shape index (κ1) is 15.6. The first-order chi connectivity index (χ1) is 10.9. The van der Waals surface area contributed by atoms with Gasteiger partial charge in [0.25, 0.3) is 0 Å². The van der Waals surface area contributed by atoms with Gasteiger partial charge in [0.05, 0.1) is 7.11 Å². The summed E-state index contributed by atoms with van der Waals surface area (Å²) in [5, 5.41) is 2.34. The van der Waals surface area contributed by atoms with Gasteiger partial charge in [0.15, 0.2) is 0 Å². The number of hydrazine groups is 1. The maximum absolute atomic E-state index is 13.5. The highest BCUT2D eigenvalue weighted by Crippen LogP contribution is 2.39. The van der Waals surface area contributed by atoms with Crippen molar-refractivity contribution < 1.29 is 22.7 Å². The van der Waals surface area contributed by atoms with Gasteiger partial charge in [0.1, 0.15) is 11.8 Å². The van der Waals surface area contributed by atoms with Crippen molar-refractivity contribution in [2.75, 3.05) is 13.7 Å². The van der Waals surface area contributed by atoms with E-state index in [0.29, 0.717) is 11.1 Å². The van der Waals surface area contributed by atoms with E-state index >= 15 is 0 Å². The molecule has 0 radical (unpaired) electrons. The molecule has 1 saturated heterocycles. The van der Waals surface area contributed by atoms with Crippen molar-refractivity contribution in [3.05, 3.63) is 42.0 Å². The van der Waals surface area contributed by atoms with Crippen LogP contribution >= 0.6 is 0 Å². The zero-order valence-corrected chi connectivity index (χ0v) is 12.4. The Labute approximate surface area is 130 Å². The smallest absolute Gasteiger partial charge is 0.409 e. The average Bonchev–Trinajstić information content (AvgIpc) is 2.91. The summed E-state index contributed by atoms with van der Waals surface area (Å²) in [4.78, 5) is 11.3. The van der Waals surface area contributed by atoms with Crippen molar-refractivity contribution in [2.45, 2.75) is 18.6 Å². The van der Waals surface area contributed by atoms with Crippen molar-refractivity contribution >= 4 is 16.7 Å². The summed E-state index contributed by atoms with van der Waals surface area (Å²) >= 11 is 0. The van der Waals surface area contributed by atoms with Crippen LogP contribution in [0.2, 0.25) is 0 Å². The number of carbonyl (C=O) groups is 1. The van der Waals surface area contributed by atoms with E-state index in [2.05, 4.69) is 5.43 Å². The third-order valence-corrected chi connectivity index (χ3v) is 3.87. The Hall–Kier alpha value is -2.28. The molecule has 1 aliphatic heterocycles. The summed E-state index contributed by atoms with van der Waals surface area (Å²) < 4.78 is 45.8. The van der Waals surface area contributed by atoms with E-state index in [1.54, 1.807) is 24.3 Å². The fourth-order valence-corrected chi connectivity index (χ4v) is 2.85. The van der Waals surface area contributed by atoms with Crippen LogP contribution in [0.3, 0.4) is 0 Å². The Morgan fingerprint density at radius 2 is 2.04 bits per heavy atom. The second-order valence-electron chi connectivity index (χ2n) is 5.36. The van der Waals surface area contributed by atoms with E-state index in [0.717, 1.165) is 10.4 Å². The molecule has 2 aromatic rings. The van der Waals surface area contributed by atoms with Crippen molar-refractivity contribution in [1.82, 2.24) is 10.4 Å². The molecule has 0 saturated carbocycles. The van der Waals surface area contributed by atoms with E-state index in [1.807, 2.05) is 0 Å². The highest BCUT2D eigenvalue weighted by molar-refractivity contribution is 5.89. The molecular formula is C16H15F3N2O2. The van der Waals surface area contributed by atoms with E-state index in [1.165, 1.54) is 19.2 Å². The molecule has 1 amide bonds. The number of methoxy groups -OCH3 is 1. The number of carbonyl (C=O) groups excluding carboxylic acids is 1. The zero-order chi connectivity index (χ0) is 16.6. The second-order valence-corrected chi connectivity index (χ2v) is 5.36. The summed E-state index contributed by atoms with van der Waals surface area (Å²) in [5.74, 6) is 0.203. The maximum atomic E-state index is 13.5. The van der Waals surface area contributed by atoms with Crippen LogP contribution < -0.4 is 10.2 Å². The lowest BCUT2D eigenvalue weighted by Crippen LogP contribution is -2.43. The summed E-state index contributed by atoms with van der Waals surface area (Å²) in [5.41, 5.74) is 2.36. The van der Waals surface area contributed by atoms with Gasteiger partial charge in [-0.2, -0.15) is 13.2 Å². The Balaban J connectivity index is 2.06. The van der Waals surface area contributed by atoms with Gasteiger partial charge in [-0.25, -0.2) is 5.01 Å². The molecule has 1 N–H and O–H groups in total. The van der Waals surface area contributed by atoms with Gasteiger partial charge in [-0.3, -0.25) is 10.2 Å². The van der Waals surface area contributed by atoms with Gasteiger partial charge in [-0.15, -0.1) is 0 Å². The number of ether oxygens (including phenoxy) is 1.